The molecule has 2 aromatic carbocycles. The number of nitrogens with zero attached hydrogens (tertiary/aromatic N) is 1. The first kappa shape index (κ1) is 21.0. The maximum atomic E-state index is 11.9. The molecule has 0 saturated carbocycles. The lowest BCUT2D eigenvalue weighted by Crippen LogP contribution is -2.45. The van der Waals surface area contributed by atoms with Crippen LogP contribution in [0.4, 0.5) is 0 Å². The summed E-state index contributed by atoms with van der Waals surface area (Å²) in [6, 6.07) is 15.2. The van der Waals surface area contributed by atoms with Crippen LogP contribution in [0.25, 0.3) is 0 Å². The first-order valence-corrected chi connectivity index (χ1v) is 8.97. The number of hydrogen-bond acceptors (Lipinski definition) is 5. The van der Waals surface area contributed by atoms with Gasteiger partial charge in [-0.1, -0.05) is 61.5 Å². The van der Waals surface area contributed by atoms with E-state index in [2.05, 4.69) is 29.9 Å². The Labute approximate surface area is 164 Å². The first-order valence-electron chi connectivity index (χ1n) is 8.97. The summed E-state index contributed by atoms with van der Waals surface area (Å²) in [5.41, 5.74) is 7.44. The van der Waals surface area contributed by atoms with Gasteiger partial charge in [-0.25, -0.2) is 0 Å². The Hall–Kier alpha value is -3.35. The van der Waals surface area contributed by atoms with E-state index < -0.39 is 11.8 Å². The van der Waals surface area contributed by atoms with Gasteiger partial charge in [-0.15, -0.1) is 0 Å². The second-order valence-electron chi connectivity index (χ2n) is 6.50. The Morgan fingerprint density at radius 2 is 1.71 bits per heavy atom. The van der Waals surface area contributed by atoms with Crippen LogP contribution >= 0.6 is 0 Å². The van der Waals surface area contributed by atoms with Crippen molar-refractivity contribution in [1.29, 1.82) is 0 Å². The number of benzene rings is 2. The van der Waals surface area contributed by atoms with Gasteiger partial charge in [-0.3, -0.25) is 20.4 Å². The fourth-order valence-corrected chi connectivity index (χ4v) is 2.33. The summed E-state index contributed by atoms with van der Waals surface area (Å²) in [7, 11) is 0. The molecule has 0 fully saturated rings. The monoisotopic (exact) mass is 383 g/mol. The van der Waals surface area contributed by atoms with Crippen molar-refractivity contribution in [3.05, 3.63) is 65.2 Å². The fourth-order valence-electron chi connectivity index (χ4n) is 2.33. The minimum Gasteiger partial charge on any atom is -0.483 e. The van der Waals surface area contributed by atoms with E-state index in [4.69, 9.17) is 9.57 Å². The van der Waals surface area contributed by atoms with Crippen LogP contribution < -0.4 is 15.6 Å². The smallest absolute Gasteiger partial charge is 0.279 e. The van der Waals surface area contributed by atoms with Crippen LogP contribution in [0.5, 0.6) is 5.75 Å². The second-order valence-corrected chi connectivity index (χ2v) is 6.50. The predicted octanol–water partition coefficient (Wildman–Crippen LogP) is 2.70. The van der Waals surface area contributed by atoms with Crippen LogP contribution in [-0.2, 0) is 14.4 Å². The molecule has 0 heterocycles. The summed E-state index contributed by atoms with van der Waals surface area (Å²) in [6.45, 7) is 5.53. The number of carbonyl (C=O) groups excluding carboxylic acids is 2. The Morgan fingerprint density at radius 1 is 1.04 bits per heavy atom. The van der Waals surface area contributed by atoms with E-state index in [9.17, 15) is 9.59 Å². The van der Waals surface area contributed by atoms with Gasteiger partial charge in [0.15, 0.2) is 13.2 Å². The van der Waals surface area contributed by atoms with Gasteiger partial charge in [0.2, 0.25) is 0 Å². The number of nitrogens with one attached hydrogen (secondary N) is 2. The molecule has 0 aromatic heterocycles. The van der Waals surface area contributed by atoms with E-state index in [1.807, 2.05) is 55.5 Å². The molecular formula is C21H25N3O4. The molecule has 0 saturated heterocycles. The largest absolute Gasteiger partial charge is 0.483 e. The number of aryl methyl sites for hydroxylation is 1. The van der Waals surface area contributed by atoms with Gasteiger partial charge in [0.05, 0.1) is 6.21 Å². The molecule has 2 N–H and O–H groups in total. The molecule has 0 atom stereocenters. The lowest BCUT2D eigenvalue weighted by Gasteiger charge is -2.15. The molecule has 2 amide bonds. The molecular weight excluding hydrogens is 358 g/mol. The SMILES string of the molecule is Cc1ccc(C(C)C)c(OCC(=O)NNC(=O)CO/N=C\c2ccccc2)c1. The Kier molecular flexibility index (Phi) is 8.02. The topological polar surface area (TPSA) is 89.0 Å². The Balaban J connectivity index is 1.70. The third-order valence-electron chi connectivity index (χ3n) is 3.76. The molecule has 148 valence electrons. The minimum absolute atomic E-state index is 0.212. The van der Waals surface area contributed by atoms with Gasteiger partial charge in [0, 0.05) is 0 Å². The molecule has 7 heteroatoms. The van der Waals surface area contributed by atoms with Crippen molar-refractivity contribution in [3.8, 4) is 5.75 Å². The quantitative estimate of drug-likeness (QED) is 0.542. The van der Waals surface area contributed by atoms with Crippen molar-refractivity contribution in [1.82, 2.24) is 10.9 Å². The number of ether oxygens (including phenoxy) is 1. The zero-order valence-electron chi connectivity index (χ0n) is 16.3. The summed E-state index contributed by atoms with van der Waals surface area (Å²) in [5, 5.41) is 3.70. The van der Waals surface area contributed by atoms with E-state index in [1.165, 1.54) is 6.21 Å². The van der Waals surface area contributed by atoms with Crippen LogP contribution in [0.3, 0.4) is 0 Å². The Morgan fingerprint density at radius 3 is 2.39 bits per heavy atom. The highest BCUT2D eigenvalue weighted by atomic mass is 16.6. The van der Waals surface area contributed by atoms with Crippen molar-refractivity contribution in [2.75, 3.05) is 13.2 Å². The summed E-state index contributed by atoms with van der Waals surface area (Å²) in [5.74, 6) is -0.0728. The molecule has 28 heavy (non-hydrogen) atoms. The van der Waals surface area contributed by atoms with Crippen LogP contribution in [0, 0.1) is 6.92 Å². The predicted molar refractivity (Wildman–Crippen MR) is 107 cm³/mol. The number of oxime groups is 1. The molecule has 0 bridgehead atoms. The zero-order valence-corrected chi connectivity index (χ0v) is 16.3. The molecule has 2 rings (SSSR count). The van der Waals surface area contributed by atoms with Gasteiger partial charge in [0.25, 0.3) is 11.8 Å². The van der Waals surface area contributed by atoms with Crippen molar-refractivity contribution < 1.29 is 19.2 Å². The first-order chi connectivity index (χ1) is 13.5. The van der Waals surface area contributed by atoms with Crippen molar-refractivity contribution in [2.45, 2.75) is 26.7 Å². The van der Waals surface area contributed by atoms with Crippen LogP contribution in [0.1, 0.15) is 36.5 Å². The number of hydrazine groups is 1. The molecule has 0 aliphatic heterocycles. The average Bonchev–Trinajstić information content (AvgIpc) is 2.68. The van der Waals surface area contributed by atoms with Crippen LogP contribution in [0.15, 0.2) is 53.7 Å². The van der Waals surface area contributed by atoms with Gasteiger partial charge < -0.3 is 9.57 Å². The normalized spacial score (nSPS) is 10.7. The third-order valence-corrected chi connectivity index (χ3v) is 3.76. The number of rotatable bonds is 8. The molecule has 2 aromatic rings. The van der Waals surface area contributed by atoms with Gasteiger partial charge >= 0.3 is 0 Å². The van der Waals surface area contributed by atoms with E-state index in [-0.39, 0.29) is 19.1 Å². The maximum Gasteiger partial charge on any atom is 0.279 e. The summed E-state index contributed by atoms with van der Waals surface area (Å²) in [6.07, 6.45) is 1.49. The second kappa shape index (κ2) is 10.7. The van der Waals surface area contributed by atoms with Crippen LogP contribution in [0.2, 0.25) is 0 Å². The highest BCUT2D eigenvalue weighted by Gasteiger charge is 2.11. The molecule has 0 unspecified atom stereocenters. The molecule has 0 spiro atoms. The molecule has 0 aliphatic carbocycles. The minimum atomic E-state index is -0.531. The average molecular weight is 383 g/mol. The number of carbonyl (C=O) groups is 2. The molecule has 7 nitrogen and oxygen atoms in total. The third kappa shape index (κ3) is 7.11. The van der Waals surface area contributed by atoms with E-state index in [0.717, 1.165) is 16.7 Å². The maximum absolute atomic E-state index is 11.9. The fraction of sp³-hybridized carbons (Fsp3) is 0.286. The number of hydrogen-bond donors (Lipinski definition) is 2. The summed E-state index contributed by atoms with van der Waals surface area (Å²) < 4.78 is 5.60. The summed E-state index contributed by atoms with van der Waals surface area (Å²) >= 11 is 0. The van der Waals surface area contributed by atoms with Gasteiger partial charge in [-0.05, 0) is 35.6 Å². The highest BCUT2D eigenvalue weighted by molar-refractivity contribution is 5.83. The van der Waals surface area contributed by atoms with Gasteiger partial charge in [0.1, 0.15) is 5.75 Å². The van der Waals surface area contributed by atoms with Crippen molar-refractivity contribution in [3.63, 3.8) is 0 Å². The van der Waals surface area contributed by atoms with E-state index >= 15 is 0 Å². The standard InChI is InChI=1S/C21H25N3O4/c1-15(2)18-10-9-16(3)11-19(18)27-13-20(25)23-24-21(26)14-28-22-12-17-7-5-4-6-8-17/h4-12,15H,13-14H2,1-3H3,(H,23,25)(H,24,26)/b22-12-. The lowest BCUT2D eigenvalue weighted by molar-refractivity contribution is -0.132. The molecule has 0 aliphatic rings. The zero-order chi connectivity index (χ0) is 20.4. The molecule has 0 radical (unpaired) electrons. The highest BCUT2D eigenvalue weighted by Crippen LogP contribution is 2.27. The van der Waals surface area contributed by atoms with Crippen LogP contribution in [-0.4, -0.2) is 31.2 Å². The van der Waals surface area contributed by atoms with Gasteiger partial charge in [-0.2, -0.15) is 0 Å². The Bertz CT molecular complexity index is 820. The van der Waals surface area contributed by atoms with Crippen molar-refractivity contribution in [2.24, 2.45) is 5.16 Å². The van der Waals surface area contributed by atoms with E-state index in [1.54, 1.807) is 0 Å². The number of amides is 2. The lowest BCUT2D eigenvalue weighted by atomic mass is 10.0. The van der Waals surface area contributed by atoms with Crippen molar-refractivity contribution >= 4 is 18.0 Å². The summed E-state index contributed by atoms with van der Waals surface area (Å²) in [4.78, 5) is 28.4. The van der Waals surface area contributed by atoms with E-state index in [0.29, 0.717) is 5.75 Å².